The molecule has 2 aliphatic rings. The first-order valence-electron chi connectivity index (χ1n) is 6.23. The average Bonchev–Trinajstić information content (AvgIpc) is 2.53. The quantitative estimate of drug-likeness (QED) is 0.787. The Bertz CT molecular complexity index is 263. The van der Waals surface area contributed by atoms with Crippen LogP contribution in [0.15, 0.2) is 0 Å². The highest BCUT2D eigenvalue weighted by atomic mass is 16.5. The van der Waals surface area contributed by atoms with Crippen molar-refractivity contribution in [2.45, 2.75) is 51.3 Å². The number of nitrogens with zero attached hydrogens (tertiary/aromatic N) is 1. The van der Waals surface area contributed by atoms with E-state index in [0.717, 1.165) is 32.4 Å². The Morgan fingerprint density at radius 2 is 2.19 bits per heavy atom. The third-order valence-corrected chi connectivity index (χ3v) is 4.06. The van der Waals surface area contributed by atoms with Gasteiger partial charge in [-0.05, 0) is 39.7 Å². The molecule has 4 nitrogen and oxygen atoms in total. The summed E-state index contributed by atoms with van der Waals surface area (Å²) in [6.45, 7) is 5.78. The Kier molecular flexibility index (Phi) is 3.50. The van der Waals surface area contributed by atoms with Gasteiger partial charge in [0.1, 0.15) is 0 Å². The Labute approximate surface area is 96.6 Å². The molecule has 1 heterocycles. The van der Waals surface area contributed by atoms with Gasteiger partial charge in [-0.3, -0.25) is 9.69 Å². The van der Waals surface area contributed by atoms with E-state index in [0.29, 0.717) is 12.1 Å². The number of ether oxygens (including phenoxy) is 1. The Morgan fingerprint density at radius 3 is 2.69 bits per heavy atom. The Hall–Kier alpha value is -0.610. The van der Waals surface area contributed by atoms with Crippen LogP contribution in [0.3, 0.4) is 0 Å². The molecule has 0 amide bonds. The van der Waals surface area contributed by atoms with E-state index in [1.807, 2.05) is 13.8 Å². The topological polar surface area (TPSA) is 49.8 Å². The van der Waals surface area contributed by atoms with Gasteiger partial charge in [0.2, 0.25) is 0 Å². The molecule has 2 atom stereocenters. The second-order valence-electron chi connectivity index (χ2n) is 4.91. The minimum absolute atomic E-state index is 0.175. The lowest BCUT2D eigenvalue weighted by molar-refractivity contribution is -0.142. The third kappa shape index (κ3) is 2.09. The van der Waals surface area contributed by atoms with E-state index in [4.69, 9.17) is 9.84 Å². The zero-order chi connectivity index (χ0) is 11.7. The molecule has 0 radical (unpaired) electrons. The number of hydrogen-bond donors (Lipinski definition) is 1. The molecular weight excluding hydrogens is 206 g/mol. The van der Waals surface area contributed by atoms with Crippen LogP contribution in [0.25, 0.3) is 0 Å². The molecule has 0 aromatic rings. The molecule has 4 heteroatoms. The predicted octanol–water partition coefficient (Wildman–Crippen LogP) is 1.35. The first-order chi connectivity index (χ1) is 7.63. The summed E-state index contributed by atoms with van der Waals surface area (Å²) in [4.78, 5) is 13.4. The maximum Gasteiger partial charge on any atom is 0.308 e. The zero-order valence-corrected chi connectivity index (χ0v) is 10.1. The smallest absolute Gasteiger partial charge is 0.308 e. The first-order valence-corrected chi connectivity index (χ1v) is 6.23. The van der Waals surface area contributed by atoms with Gasteiger partial charge in [0.15, 0.2) is 0 Å². The van der Waals surface area contributed by atoms with E-state index >= 15 is 0 Å². The molecule has 92 valence electrons. The van der Waals surface area contributed by atoms with Gasteiger partial charge in [-0.2, -0.15) is 0 Å². The van der Waals surface area contributed by atoms with Crippen molar-refractivity contribution >= 4 is 5.97 Å². The molecule has 2 fully saturated rings. The van der Waals surface area contributed by atoms with Crippen LogP contribution in [0.5, 0.6) is 0 Å². The van der Waals surface area contributed by atoms with Crippen LogP contribution in [-0.4, -0.2) is 47.3 Å². The van der Waals surface area contributed by atoms with E-state index in [2.05, 4.69) is 4.90 Å². The number of carbonyl (C=O) groups is 1. The van der Waals surface area contributed by atoms with Crippen molar-refractivity contribution in [3.8, 4) is 0 Å². The van der Waals surface area contributed by atoms with Crippen LogP contribution in [-0.2, 0) is 9.53 Å². The molecule has 2 rings (SSSR count). The van der Waals surface area contributed by atoms with Crippen LogP contribution >= 0.6 is 0 Å². The summed E-state index contributed by atoms with van der Waals surface area (Å²) in [5, 5.41) is 9.06. The number of likely N-dealkylation sites (tertiary alicyclic amines) is 1. The number of carboxylic acid groups (broad SMARTS) is 1. The van der Waals surface area contributed by atoms with Crippen molar-refractivity contribution < 1.29 is 14.6 Å². The summed E-state index contributed by atoms with van der Waals surface area (Å²) in [6, 6.07) is 0.737. The van der Waals surface area contributed by atoms with E-state index < -0.39 is 5.97 Å². The first kappa shape index (κ1) is 11.9. The molecule has 1 saturated carbocycles. The Morgan fingerprint density at radius 1 is 1.50 bits per heavy atom. The van der Waals surface area contributed by atoms with Gasteiger partial charge in [-0.25, -0.2) is 0 Å². The lowest BCUT2D eigenvalue weighted by atomic mass is 9.87. The summed E-state index contributed by atoms with van der Waals surface area (Å²) in [7, 11) is 0. The summed E-state index contributed by atoms with van der Waals surface area (Å²) in [6.07, 6.45) is 3.35. The van der Waals surface area contributed by atoms with Gasteiger partial charge in [-0.1, -0.05) is 0 Å². The molecule has 1 aliphatic carbocycles. The monoisotopic (exact) mass is 227 g/mol. The molecule has 1 N–H and O–H groups in total. The maximum absolute atomic E-state index is 11.0. The summed E-state index contributed by atoms with van der Waals surface area (Å²) < 4.78 is 5.53. The molecule has 2 unspecified atom stereocenters. The standard InChI is InChI=1S/C12H21NO3/c1-3-16-10-6-9(7-10)13-5-4-11(8(13)2)12(14)15/h8-11H,3-7H2,1-2H3,(H,14,15). The lowest BCUT2D eigenvalue weighted by Crippen LogP contribution is -2.50. The zero-order valence-electron chi connectivity index (χ0n) is 10.1. The van der Waals surface area contributed by atoms with Crippen LogP contribution in [0.1, 0.15) is 33.1 Å². The second-order valence-corrected chi connectivity index (χ2v) is 4.91. The number of rotatable bonds is 4. The average molecular weight is 227 g/mol. The van der Waals surface area contributed by atoms with Gasteiger partial charge in [-0.15, -0.1) is 0 Å². The van der Waals surface area contributed by atoms with Gasteiger partial charge in [0.25, 0.3) is 0 Å². The van der Waals surface area contributed by atoms with E-state index in [9.17, 15) is 4.79 Å². The normalized spacial score (nSPS) is 39.6. The number of aliphatic carboxylic acids is 1. The summed E-state index contributed by atoms with van der Waals surface area (Å²) >= 11 is 0. The molecular formula is C12H21NO3. The Balaban J connectivity index is 1.82. The SMILES string of the molecule is CCOC1CC(N2CCC(C(=O)O)C2C)C1. The molecule has 0 spiro atoms. The van der Waals surface area contributed by atoms with Gasteiger partial charge < -0.3 is 9.84 Å². The van der Waals surface area contributed by atoms with Crippen molar-refractivity contribution in [1.29, 1.82) is 0 Å². The largest absolute Gasteiger partial charge is 0.481 e. The van der Waals surface area contributed by atoms with Crippen molar-refractivity contribution in [3.05, 3.63) is 0 Å². The summed E-state index contributed by atoms with van der Waals surface area (Å²) in [5.74, 6) is -0.818. The van der Waals surface area contributed by atoms with Gasteiger partial charge in [0, 0.05) is 18.7 Å². The van der Waals surface area contributed by atoms with Crippen molar-refractivity contribution in [1.82, 2.24) is 4.90 Å². The van der Waals surface area contributed by atoms with E-state index in [1.54, 1.807) is 0 Å². The lowest BCUT2D eigenvalue weighted by Gasteiger charge is -2.43. The van der Waals surface area contributed by atoms with Crippen LogP contribution in [0.4, 0.5) is 0 Å². The predicted molar refractivity (Wildman–Crippen MR) is 60.3 cm³/mol. The fourth-order valence-electron chi connectivity index (χ4n) is 2.99. The van der Waals surface area contributed by atoms with Crippen LogP contribution < -0.4 is 0 Å². The number of carboxylic acids is 1. The molecule has 1 saturated heterocycles. The second kappa shape index (κ2) is 4.72. The molecule has 1 aliphatic heterocycles. The highest BCUT2D eigenvalue weighted by Crippen LogP contribution is 2.35. The highest BCUT2D eigenvalue weighted by molar-refractivity contribution is 5.71. The van der Waals surface area contributed by atoms with E-state index in [1.165, 1.54) is 0 Å². The maximum atomic E-state index is 11.0. The van der Waals surface area contributed by atoms with E-state index in [-0.39, 0.29) is 12.0 Å². The molecule has 0 aromatic heterocycles. The minimum atomic E-state index is -0.643. The van der Waals surface area contributed by atoms with Gasteiger partial charge in [0.05, 0.1) is 12.0 Å². The van der Waals surface area contributed by atoms with Crippen molar-refractivity contribution in [2.24, 2.45) is 5.92 Å². The van der Waals surface area contributed by atoms with Crippen LogP contribution in [0, 0.1) is 5.92 Å². The number of hydrogen-bond acceptors (Lipinski definition) is 3. The van der Waals surface area contributed by atoms with Crippen molar-refractivity contribution in [3.63, 3.8) is 0 Å². The fourth-order valence-corrected chi connectivity index (χ4v) is 2.99. The molecule has 0 aromatic carbocycles. The highest BCUT2D eigenvalue weighted by Gasteiger charge is 2.43. The summed E-state index contributed by atoms with van der Waals surface area (Å²) in [5.41, 5.74) is 0. The van der Waals surface area contributed by atoms with Crippen LogP contribution in [0.2, 0.25) is 0 Å². The minimum Gasteiger partial charge on any atom is -0.481 e. The molecule has 0 bridgehead atoms. The fraction of sp³-hybridized carbons (Fsp3) is 0.917. The third-order valence-electron chi connectivity index (χ3n) is 4.06. The van der Waals surface area contributed by atoms with Gasteiger partial charge >= 0.3 is 5.97 Å². The van der Waals surface area contributed by atoms with Crippen molar-refractivity contribution in [2.75, 3.05) is 13.2 Å². The molecule has 16 heavy (non-hydrogen) atoms.